The molecular weight excluding hydrogens is 336 g/mol. The summed E-state index contributed by atoms with van der Waals surface area (Å²) in [5.41, 5.74) is 2.41. The first kappa shape index (κ1) is 15.2. The van der Waals surface area contributed by atoms with E-state index in [0.717, 1.165) is 5.56 Å². The fourth-order valence-corrected chi connectivity index (χ4v) is 2.23. The van der Waals surface area contributed by atoms with Crippen molar-refractivity contribution in [3.05, 3.63) is 69.3 Å². The number of halogens is 1. The van der Waals surface area contributed by atoms with Gasteiger partial charge in [0, 0.05) is 28.2 Å². The zero-order valence-electron chi connectivity index (χ0n) is 11.3. The number of amides is 1. The van der Waals surface area contributed by atoms with Gasteiger partial charge < -0.3 is 5.32 Å². The third-order valence-electron chi connectivity index (χ3n) is 3.01. The van der Waals surface area contributed by atoms with Gasteiger partial charge in [-0.1, -0.05) is 34.1 Å². The van der Waals surface area contributed by atoms with Crippen LogP contribution in [0.4, 0.5) is 11.4 Å². The first-order valence-corrected chi connectivity index (χ1v) is 7.34. The molecule has 5 nitrogen and oxygen atoms in total. The molecule has 0 saturated carbocycles. The van der Waals surface area contributed by atoms with Crippen molar-refractivity contribution < 1.29 is 9.72 Å². The number of aryl methyl sites for hydroxylation is 1. The molecular formula is C15H13BrN2O3. The van der Waals surface area contributed by atoms with Gasteiger partial charge in [-0.05, 0) is 30.7 Å². The second-order valence-electron chi connectivity index (χ2n) is 4.55. The van der Waals surface area contributed by atoms with Crippen molar-refractivity contribution >= 4 is 33.2 Å². The summed E-state index contributed by atoms with van der Waals surface area (Å²) >= 11 is 3.35. The quantitative estimate of drug-likeness (QED) is 0.514. The minimum absolute atomic E-state index is 0.0585. The van der Waals surface area contributed by atoms with Crippen LogP contribution in [0.15, 0.2) is 42.5 Å². The fraction of sp³-hybridized carbons (Fsp3) is 0.133. The van der Waals surface area contributed by atoms with Crippen molar-refractivity contribution in [1.82, 2.24) is 0 Å². The van der Waals surface area contributed by atoms with Crippen LogP contribution in [0.5, 0.6) is 0 Å². The van der Waals surface area contributed by atoms with Crippen LogP contribution < -0.4 is 5.32 Å². The number of anilines is 1. The van der Waals surface area contributed by atoms with Gasteiger partial charge in [0.05, 0.1) is 4.92 Å². The number of nitrogens with zero attached hydrogens (tertiary/aromatic N) is 1. The van der Waals surface area contributed by atoms with Crippen molar-refractivity contribution in [1.29, 1.82) is 0 Å². The van der Waals surface area contributed by atoms with Crippen molar-refractivity contribution in [2.75, 3.05) is 5.32 Å². The van der Waals surface area contributed by atoms with Crippen LogP contribution in [0.1, 0.15) is 21.5 Å². The SMILES string of the molecule is Cc1ccc(C(=O)Nc2cccc(CBr)c2)cc1[N+](=O)[O-]. The fourth-order valence-electron chi connectivity index (χ4n) is 1.88. The minimum atomic E-state index is -0.489. The Bertz CT molecular complexity index is 701. The summed E-state index contributed by atoms with van der Waals surface area (Å²) in [5, 5.41) is 14.3. The van der Waals surface area contributed by atoms with Crippen LogP contribution in [0.3, 0.4) is 0 Å². The second-order valence-corrected chi connectivity index (χ2v) is 5.11. The zero-order valence-corrected chi connectivity index (χ0v) is 12.9. The molecule has 0 radical (unpaired) electrons. The smallest absolute Gasteiger partial charge is 0.273 e. The maximum atomic E-state index is 12.2. The standard InChI is InChI=1S/C15H13BrN2O3/c1-10-5-6-12(8-14(10)18(20)21)15(19)17-13-4-2-3-11(7-13)9-16/h2-8H,9H2,1H3,(H,17,19). The van der Waals surface area contributed by atoms with Crippen LogP contribution in [0, 0.1) is 17.0 Å². The lowest BCUT2D eigenvalue weighted by atomic mass is 10.1. The molecule has 2 aromatic carbocycles. The van der Waals surface area contributed by atoms with Gasteiger partial charge in [0.15, 0.2) is 0 Å². The molecule has 0 unspecified atom stereocenters. The molecule has 0 fully saturated rings. The summed E-state index contributed by atoms with van der Waals surface area (Å²) in [6.45, 7) is 1.64. The number of benzene rings is 2. The maximum absolute atomic E-state index is 12.2. The molecule has 2 aromatic rings. The van der Waals surface area contributed by atoms with E-state index in [0.29, 0.717) is 16.6 Å². The Labute approximate surface area is 130 Å². The summed E-state index contributed by atoms with van der Waals surface area (Å²) in [7, 11) is 0. The van der Waals surface area contributed by atoms with E-state index in [-0.39, 0.29) is 17.2 Å². The monoisotopic (exact) mass is 348 g/mol. The zero-order chi connectivity index (χ0) is 15.4. The number of nitro benzene ring substituents is 1. The van der Waals surface area contributed by atoms with Crippen LogP contribution in [0.25, 0.3) is 0 Å². The van der Waals surface area contributed by atoms with E-state index in [1.54, 1.807) is 25.1 Å². The third-order valence-corrected chi connectivity index (χ3v) is 3.65. The highest BCUT2D eigenvalue weighted by Crippen LogP contribution is 2.20. The van der Waals surface area contributed by atoms with Crippen LogP contribution >= 0.6 is 15.9 Å². The number of alkyl halides is 1. The molecule has 6 heteroatoms. The lowest BCUT2D eigenvalue weighted by Gasteiger charge is -2.07. The average Bonchev–Trinajstić information content (AvgIpc) is 2.47. The second kappa shape index (κ2) is 6.49. The summed E-state index contributed by atoms with van der Waals surface area (Å²) < 4.78 is 0. The predicted octanol–water partition coefficient (Wildman–Crippen LogP) is 4.05. The van der Waals surface area contributed by atoms with Gasteiger partial charge in [-0.3, -0.25) is 14.9 Å². The molecule has 0 bridgehead atoms. The maximum Gasteiger partial charge on any atom is 0.273 e. The van der Waals surface area contributed by atoms with Crippen LogP contribution in [-0.4, -0.2) is 10.8 Å². The van der Waals surface area contributed by atoms with Gasteiger partial charge in [0.2, 0.25) is 0 Å². The average molecular weight is 349 g/mol. The number of hydrogen-bond acceptors (Lipinski definition) is 3. The van der Waals surface area contributed by atoms with E-state index in [2.05, 4.69) is 21.2 Å². The third kappa shape index (κ3) is 3.66. The van der Waals surface area contributed by atoms with Gasteiger partial charge in [-0.15, -0.1) is 0 Å². The molecule has 1 N–H and O–H groups in total. The van der Waals surface area contributed by atoms with Crippen molar-refractivity contribution in [3.8, 4) is 0 Å². The molecule has 0 saturated heterocycles. The van der Waals surface area contributed by atoms with E-state index < -0.39 is 4.92 Å². The summed E-state index contributed by atoms with van der Waals surface area (Å²) in [4.78, 5) is 22.6. The van der Waals surface area contributed by atoms with Crippen LogP contribution in [0.2, 0.25) is 0 Å². The van der Waals surface area contributed by atoms with E-state index in [9.17, 15) is 14.9 Å². The highest BCUT2D eigenvalue weighted by Gasteiger charge is 2.15. The van der Waals surface area contributed by atoms with E-state index in [4.69, 9.17) is 0 Å². The molecule has 0 aliphatic rings. The Balaban J connectivity index is 2.24. The topological polar surface area (TPSA) is 72.2 Å². The lowest BCUT2D eigenvalue weighted by molar-refractivity contribution is -0.385. The molecule has 0 aliphatic heterocycles. The van der Waals surface area contributed by atoms with E-state index in [1.807, 2.05) is 18.2 Å². The van der Waals surface area contributed by atoms with Gasteiger partial charge in [-0.2, -0.15) is 0 Å². The highest BCUT2D eigenvalue weighted by molar-refractivity contribution is 9.08. The normalized spacial score (nSPS) is 10.2. The Morgan fingerprint density at radius 3 is 2.71 bits per heavy atom. The first-order valence-electron chi connectivity index (χ1n) is 6.22. The Morgan fingerprint density at radius 2 is 2.05 bits per heavy atom. The largest absolute Gasteiger partial charge is 0.322 e. The van der Waals surface area contributed by atoms with E-state index >= 15 is 0 Å². The molecule has 0 aliphatic carbocycles. The van der Waals surface area contributed by atoms with Crippen molar-refractivity contribution in [2.45, 2.75) is 12.3 Å². The summed E-state index contributed by atoms with van der Waals surface area (Å²) in [6, 6.07) is 11.8. The van der Waals surface area contributed by atoms with Gasteiger partial charge >= 0.3 is 0 Å². The molecule has 108 valence electrons. The Morgan fingerprint density at radius 1 is 1.29 bits per heavy atom. The van der Waals surface area contributed by atoms with Gasteiger partial charge in [0.1, 0.15) is 0 Å². The molecule has 0 aromatic heterocycles. The van der Waals surface area contributed by atoms with Crippen molar-refractivity contribution in [2.24, 2.45) is 0 Å². The molecule has 1 amide bonds. The lowest BCUT2D eigenvalue weighted by Crippen LogP contribution is -2.12. The molecule has 2 rings (SSSR count). The summed E-state index contributed by atoms with van der Waals surface area (Å²) in [5.74, 6) is -0.371. The minimum Gasteiger partial charge on any atom is -0.322 e. The predicted molar refractivity (Wildman–Crippen MR) is 84.9 cm³/mol. The van der Waals surface area contributed by atoms with Gasteiger partial charge in [-0.25, -0.2) is 0 Å². The summed E-state index contributed by atoms with van der Waals surface area (Å²) in [6.07, 6.45) is 0. The van der Waals surface area contributed by atoms with Gasteiger partial charge in [0.25, 0.3) is 11.6 Å². The first-order chi connectivity index (χ1) is 10.0. The number of carbonyl (C=O) groups excluding carboxylic acids is 1. The highest BCUT2D eigenvalue weighted by atomic mass is 79.9. The Hall–Kier alpha value is -2.21. The number of hydrogen-bond donors (Lipinski definition) is 1. The number of carbonyl (C=O) groups is 1. The molecule has 21 heavy (non-hydrogen) atoms. The molecule has 0 spiro atoms. The Kier molecular flexibility index (Phi) is 4.70. The van der Waals surface area contributed by atoms with Crippen LogP contribution in [-0.2, 0) is 5.33 Å². The van der Waals surface area contributed by atoms with E-state index in [1.165, 1.54) is 6.07 Å². The molecule has 0 atom stereocenters. The number of nitro groups is 1. The number of nitrogens with one attached hydrogen (secondary N) is 1. The van der Waals surface area contributed by atoms with Crippen molar-refractivity contribution in [3.63, 3.8) is 0 Å². The number of rotatable bonds is 4. The molecule has 0 heterocycles.